The van der Waals surface area contributed by atoms with Crippen LogP contribution >= 0.6 is 11.3 Å². The minimum Gasteiger partial charge on any atom is -0.477 e. The van der Waals surface area contributed by atoms with E-state index in [2.05, 4.69) is 11.8 Å². The van der Waals surface area contributed by atoms with E-state index in [1.807, 2.05) is 13.0 Å². The van der Waals surface area contributed by atoms with Gasteiger partial charge >= 0.3 is 11.9 Å². The van der Waals surface area contributed by atoms with E-state index in [9.17, 15) is 18.4 Å². The van der Waals surface area contributed by atoms with Crippen LogP contribution in [0.3, 0.4) is 0 Å². The highest BCUT2D eigenvalue weighted by atomic mass is 32.1. The topological polar surface area (TPSA) is 57.6 Å². The molecule has 1 unspecified atom stereocenters. The van der Waals surface area contributed by atoms with Gasteiger partial charge in [-0.2, -0.15) is 8.78 Å². The number of hydrogen-bond donors (Lipinski definition) is 1. The Kier molecular flexibility index (Phi) is 8.18. The maximum absolute atomic E-state index is 13.9. The summed E-state index contributed by atoms with van der Waals surface area (Å²) in [5.74, 6) is 0.620. The molecule has 2 heterocycles. The third-order valence-electron chi connectivity index (χ3n) is 4.47. The standard InChI is InChI=1S/C21H25F2NO3S/c1-2-3-4-5-6-7-8-10-16-15-21(22,23)20(27)24(16)14-9-11-17-12-13-18(28-17)19(25)26/h8,10,12-13,16H,2,5-7,9,11,14-15H2,1H3,(H,25,26)/b10-8+. The lowest BCUT2D eigenvalue weighted by Crippen LogP contribution is -2.36. The van der Waals surface area contributed by atoms with Crippen LogP contribution in [0.1, 0.15) is 60.0 Å². The van der Waals surface area contributed by atoms with Gasteiger partial charge in [-0.1, -0.05) is 19.1 Å². The monoisotopic (exact) mass is 409 g/mol. The van der Waals surface area contributed by atoms with Crippen LogP contribution in [0.4, 0.5) is 8.78 Å². The first-order valence-electron chi connectivity index (χ1n) is 9.48. The summed E-state index contributed by atoms with van der Waals surface area (Å²) in [5.41, 5.74) is 0. The molecule has 0 bridgehead atoms. The Morgan fingerprint density at radius 3 is 2.86 bits per heavy atom. The van der Waals surface area contributed by atoms with E-state index in [-0.39, 0.29) is 11.4 Å². The number of thiophene rings is 1. The third-order valence-corrected chi connectivity index (χ3v) is 5.60. The Bertz CT molecular complexity index is 776. The van der Waals surface area contributed by atoms with E-state index in [0.717, 1.165) is 30.6 Å². The van der Waals surface area contributed by atoms with Crippen LogP contribution in [0, 0.1) is 11.8 Å². The van der Waals surface area contributed by atoms with Crippen LogP contribution in [0.2, 0.25) is 0 Å². The van der Waals surface area contributed by atoms with Crippen LogP contribution in [0.5, 0.6) is 0 Å². The summed E-state index contributed by atoms with van der Waals surface area (Å²) in [6, 6.07) is 2.67. The molecule has 152 valence electrons. The molecule has 1 fully saturated rings. The number of amides is 1. The average Bonchev–Trinajstić information content (AvgIpc) is 3.19. The number of carbonyl (C=O) groups is 2. The molecule has 0 spiro atoms. The van der Waals surface area contributed by atoms with E-state index in [1.54, 1.807) is 12.1 Å². The van der Waals surface area contributed by atoms with Crippen molar-refractivity contribution in [1.29, 1.82) is 0 Å². The zero-order valence-electron chi connectivity index (χ0n) is 15.9. The summed E-state index contributed by atoms with van der Waals surface area (Å²) in [6.07, 6.45) is 7.37. The fraction of sp³-hybridized carbons (Fsp3) is 0.524. The van der Waals surface area contributed by atoms with Crippen LogP contribution in [0.15, 0.2) is 24.3 Å². The first-order valence-corrected chi connectivity index (χ1v) is 10.3. The summed E-state index contributed by atoms with van der Waals surface area (Å²) in [7, 11) is 0. The molecule has 1 aliphatic rings. The molecule has 7 heteroatoms. The molecule has 0 aliphatic carbocycles. The first-order chi connectivity index (χ1) is 13.3. The number of hydrogen-bond acceptors (Lipinski definition) is 3. The SMILES string of the molecule is CCC#CCCC/C=C/C1CC(F)(F)C(=O)N1CCCc1ccc(C(=O)O)s1. The molecule has 4 nitrogen and oxygen atoms in total. The van der Waals surface area contributed by atoms with Gasteiger partial charge in [0.2, 0.25) is 0 Å². The van der Waals surface area contributed by atoms with Crippen LogP contribution in [0.25, 0.3) is 0 Å². The highest BCUT2D eigenvalue weighted by Crippen LogP contribution is 2.34. The number of nitrogens with zero attached hydrogens (tertiary/aromatic N) is 1. The molecule has 2 rings (SSSR count). The Morgan fingerprint density at radius 2 is 2.18 bits per heavy atom. The summed E-state index contributed by atoms with van der Waals surface area (Å²) in [6.45, 7) is 2.22. The number of likely N-dealkylation sites (tertiary alicyclic amines) is 1. The molecule has 1 aliphatic heterocycles. The number of aromatic carboxylic acids is 1. The number of halogens is 2. The Morgan fingerprint density at radius 1 is 1.39 bits per heavy atom. The van der Waals surface area contributed by atoms with Gasteiger partial charge in [0, 0.05) is 30.7 Å². The molecule has 1 atom stereocenters. The van der Waals surface area contributed by atoms with Gasteiger partial charge in [0.1, 0.15) is 4.88 Å². The van der Waals surface area contributed by atoms with Crippen molar-refractivity contribution < 1.29 is 23.5 Å². The molecule has 0 aromatic carbocycles. The quantitative estimate of drug-likeness (QED) is 0.364. The van der Waals surface area contributed by atoms with Crippen molar-refractivity contribution in [3.05, 3.63) is 34.0 Å². The lowest BCUT2D eigenvalue weighted by molar-refractivity contribution is -0.148. The van der Waals surface area contributed by atoms with Crippen molar-refractivity contribution in [2.75, 3.05) is 6.54 Å². The van der Waals surface area contributed by atoms with Crippen LogP contribution < -0.4 is 0 Å². The van der Waals surface area contributed by atoms with Gasteiger partial charge in [0.15, 0.2) is 0 Å². The smallest absolute Gasteiger partial charge is 0.345 e. The second-order valence-electron chi connectivity index (χ2n) is 6.68. The van der Waals surface area contributed by atoms with E-state index in [4.69, 9.17) is 5.11 Å². The normalized spacial score (nSPS) is 18.5. The number of aryl methyl sites for hydroxylation is 1. The number of unbranched alkanes of at least 4 members (excludes halogenated alkanes) is 2. The first kappa shape index (κ1) is 22.1. The van der Waals surface area contributed by atoms with E-state index < -0.39 is 30.3 Å². The van der Waals surface area contributed by atoms with Gasteiger partial charge < -0.3 is 10.0 Å². The summed E-state index contributed by atoms with van der Waals surface area (Å²) in [5, 5.41) is 8.95. The van der Waals surface area contributed by atoms with E-state index in [0.29, 0.717) is 12.8 Å². The number of allylic oxidation sites excluding steroid dienone is 1. The number of alkyl halides is 2. The van der Waals surface area contributed by atoms with Crippen LogP contribution in [-0.2, 0) is 11.2 Å². The van der Waals surface area contributed by atoms with Gasteiger partial charge in [0.05, 0.1) is 6.04 Å². The predicted molar refractivity (Wildman–Crippen MR) is 106 cm³/mol. The molecular weight excluding hydrogens is 384 g/mol. The number of carboxylic acid groups (broad SMARTS) is 1. The number of carboxylic acids is 1. The second kappa shape index (κ2) is 10.4. The minimum absolute atomic E-state index is 0.228. The molecular formula is C21H25F2NO3S. The van der Waals surface area contributed by atoms with Crippen molar-refractivity contribution in [2.45, 2.75) is 63.8 Å². The maximum Gasteiger partial charge on any atom is 0.345 e. The summed E-state index contributed by atoms with van der Waals surface area (Å²) >= 11 is 1.17. The maximum atomic E-state index is 13.9. The van der Waals surface area contributed by atoms with E-state index >= 15 is 0 Å². The molecule has 1 aromatic heterocycles. The minimum atomic E-state index is -3.32. The molecule has 1 N–H and O–H groups in total. The molecule has 1 saturated heterocycles. The molecule has 28 heavy (non-hydrogen) atoms. The van der Waals surface area contributed by atoms with Gasteiger partial charge in [0.25, 0.3) is 5.91 Å². The number of carbonyl (C=O) groups excluding carboxylic acids is 1. The van der Waals surface area contributed by atoms with Crippen LogP contribution in [-0.4, -0.2) is 40.4 Å². The molecule has 1 aromatic rings. The van der Waals surface area contributed by atoms with Crippen molar-refractivity contribution >= 4 is 23.2 Å². The molecule has 0 radical (unpaired) electrons. The summed E-state index contributed by atoms with van der Waals surface area (Å²) in [4.78, 5) is 25.3. The Hall–Kier alpha value is -2.20. The average molecular weight is 409 g/mol. The largest absolute Gasteiger partial charge is 0.477 e. The second-order valence-corrected chi connectivity index (χ2v) is 7.84. The summed E-state index contributed by atoms with van der Waals surface area (Å²) < 4.78 is 27.8. The Labute approximate surface area is 168 Å². The molecule has 1 amide bonds. The van der Waals surface area contributed by atoms with Gasteiger partial charge in [-0.3, -0.25) is 4.79 Å². The van der Waals surface area contributed by atoms with Crippen molar-refractivity contribution in [2.24, 2.45) is 0 Å². The van der Waals surface area contributed by atoms with Gasteiger partial charge in [-0.25, -0.2) is 4.79 Å². The highest BCUT2D eigenvalue weighted by molar-refractivity contribution is 7.13. The van der Waals surface area contributed by atoms with Crippen molar-refractivity contribution in [3.63, 3.8) is 0 Å². The third kappa shape index (κ3) is 6.16. The van der Waals surface area contributed by atoms with Crippen molar-refractivity contribution in [1.82, 2.24) is 4.90 Å². The number of rotatable bonds is 9. The van der Waals surface area contributed by atoms with E-state index in [1.165, 1.54) is 22.3 Å². The van der Waals surface area contributed by atoms with Gasteiger partial charge in [-0.05, 0) is 37.8 Å². The Balaban J connectivity index is 1.87. The highest BCUT2D eigenvalue weighted by Gasteiger charge is 2.52. The fourth-order valence-electron chi connectivity index (χ4n) is 3.09. The fourth-order valence-corrected chi connectivity index (χ4v) is 3.97. The zero-order valence-corrected chi connectivity index (χ0v) is 16.7. The lowest BCUT2D eigenvalue weighted by atomic mass is 10.1. The zero-order chi connectivity index (χ0) is 20.6. The van der Waals surface area contributed by atoms with Gasteiger partial charge in [-0.15, -0.1) is 23.2 Å². The lowest BCUT2D eigenvalue weighted by Gasteiger charge is -2.21. The predicted octanol–water partition coefficient (Wildman–Crippen LogP) is 4.76. The molecule has 0 saturated carbocycles. The van der Waals surface area contributed by atoms with Crippen molar-refractivity contribution in [3.8, 4) is 11.8 Å².